The van der Waals surface area contributed by atoms with Crippen LogP contribution in [0.2, 0.25) is 5.15 Å². The minimum Gasteiger partial charge on any atom is -0.452 e. The molecule has 13 heteroatoms. The van der Waals surface area contributed by atoms with Gasteiger partial charge in [-0.05, 0) is 37.3 Å². The molecule has 0 atom stereocenters. The second-order valence-corrected chi connectivity index (χ2v) is 6.32. The van der Waals surface area contributed by atoms with Gasteiger partial charge in [0.15, 0.2) is 6.61 Å². The van der Waals surface area contributed by atoms with Crippen LogP contribution in [0.3, 0.4) is 0 Å². The van der Waals surface area contributed by atoms with Crippen LogP contribution >= 0.6 is 11.6 Å². The summed E-state index contributed by atoms with van der Waals surface area (Å²) in [4.78, 5) is 34.3. The van der Waals surface area contributed by atoms with Gasteiger partial charge in [0.2, 0.25) is 0 Å². The average molecular weight is 463 g/mol. The van der Waals surface area contributed by atoms with Gasteiger partial charge in [-0.15, -0.1) is 0 Å². The molecule has 1 aromatic carbocycles. The van der Waals surface area contributed by atoms with Crippen LogP contribution in [0, 0.1) is 12.7 Å². The second kappa shape index (κ2) is 10.1. The number of hydrogen-bond acceptors (Lipinski definition) is 5. The summed E-state index contributed by atoms with van der Waals surface area (Å²) in [6.45, 7) is -0.908. The molecule has 31 heavy (non-hydrogen) atoms. The molecule has 2 N–H and O–H groups in total. The topological polar surface area (TPSA) is 102 Å². The zero-order valence-electron chi connectivity index (χ0n) is 15.8. The van der Waals surface area contributed by atoms with E-state index in [2.05, 4.69) is 9.84 Å². The molecule has 0 radical (unpaired) electrons. The number of halogens is 5. The summed E-state index contributed by atoms with van der Waals surface area (Å²) in [5, 5.41) is 7.33. The maximum atomic E-state index is 13.1. The van der Waals surface area contributed by atoms with Crippen molar-refractivity contribution >= 4 is 35.6 Å². The first kappa shape index (κ1) is 23.9. The van der Waals surface area contributed by atoms with E-state index in [9.17, 15) is 31.9 Å². The molecule has 166 valence electrons. The number of nitrogens with one attached hydrogen (secondary N) is 2. The Kier molecular flexibility index (Phi) is 7.75. The smallest absolute Gasteiger partial charge is 0.405 e. The fraction of sp³-hybridized carbons (Fsp3) is 0.222. The second-order valence-electron chi connectivity index (χ2n) is 5.97. The van der Waals surface area contributed by atoms with Gasteiger partial charge in [-0.25, -0.2) is 18.7 Å². The summed E-state index contributed by atoms with van der Waals surface area (Å²) < 4.78 is 54.9. The van der Waals surface area contributed by atoms with Gasteiger partial charge in [0, 0.05) is 11.6 Å². The molecule has 0 aliphatic rings. The minimum absolute atomic E-state index is 0.132. The number of aryl methyl sites for hydroxylation is 1. The monoisotopic (exact) mass is 462 g/mol. The van der Waals surface area contributed by atoms with Crippen molar-refractivity contribution in [1.29, 1.82) is 0 Å². The van der Waals surface area contributed by atoms with E-state index in [1.807, 2.05) is 0 Å². The van der Waals surface area contributed by atoms with Gasteiger partial charge in [-0.2, -0.15) is 18.3 Å². The molecular formula is C18H15ClF4N4O4. The molecule has 0 aliphatic carbocycles. The van der Waals surface area contributed by atoms with Crippen LogP contribution in [-0.2, 0) is 14.3 Å². The zero-order chi connectivity index (χ0) is 23.2. The van der Waals surface area contributed by atoms with Crippen molar-refractivity contribution in [1.82, 2.24) is 20.4 Å². The molecule has 0 bridgehead atoms. The van der Waals surface area contributed by atoms with Crippen molar-refractivity contribution in [2.75, 3.05) is 13.2 Å². The van der Waals surface area contributed by atoms with Gasteiger partial charge in [-0.3, -0.25) is 10.1 Å². The number of ether oxygens (including phenoxy) is 1. The Morgan fingerprint density at radius 3 is 2.48 bits per heavy atom. The Morgan fingerprint density at radius 2 is 1.87 bits per heavy atom. The molecule has 8 nitrogen and oxygen atoms in total. The van der Waals surface area contributed by atoms with Crippen molar-refractivity contribution in [3.8, 4) is 5.69 Å². The number of benzene rings is 1. The van der Waals surface area contributed by atoms with Crippen molar-refractivity contribution in [3.63, 3.8) is 0 Å². The van der Waals surface area contributed by atoms with Crippen molar-refractivity contribution in [2.24, 2.45) is 0 Å². The van der Waals surface area contributed by atoms with Crippen molar-refractivity contribution < 1.29 is 36.7 Å². The maximum absolute atomic E-state index is 13.1. The van der Waals surface area contributed by atoms with Gasteiger partial charge < -0.3 is 10.1 Å². The van der Waals surface area contributed by atoms with Crippen LogP contribution in [0.4, 0.5) is 22.4 Å². The van der Waals surface area contributed by atoms with Crippen molar-refractivity contribution in [3.05, 3.63) is 52.6 Å². The van der Waals surface area contributed by atoms with Crippen LogP contribution < -0.4 is 10.6 Å². The quantitative estimate of drug-likeness (QED) is 0.390. The standard InChI is InChI=1S/C18H15ClF4N4O4/c1-10-13(16(19)27(26-10)12-4-2-11(20)3-5-12)6-7-15(29)31-8-14(28)25-17(30)24-9-18(21,22)23/h2-7H,8-9H2,1H3,(H2,24,25,28,30)/b7-6+. The number of amides is 3. The summed E-state index contributed by atoms with van der Waals surface area (Å²) in [6.07, 6.45) is -2.41. The Hall–Kier alpha value is -3.41. The first-order valence-corrected chi connectivity index (χ1v) is 8.84. The molecular weight excluding hydrogens is 448 g/mol. The Labute approximate surface area is 177 Å². The molecule has 0 saturated carbocycles. The fourth-order valence-electron chi connectivity index (χ4n) is 2.18. The number of aromatic nitrogens is 2. The lowest BCUT2D eigenvalue weighted by molar-refractivity contribution is -0.143. The molecule has 2 aromatic rings. The molecule has 2 rings (SSSR count). The van der Waals surface area contributed by atoms with Crippen LogP contribution in [-0.4, -0.2) is 47.0 Å². The maximum Gasteiger partial charge on any atom is 0.405 e. The van der Waals surface area contributed by atoms with E-state index in [1.165, 1.54) is 40.3 Å². The molecule has 0 fully saturated rings. The van der Waals surface area contributed by atoms with Crippen molar-refractivity contribution in [2.45, 2.75) is 13.1 Å². The van der Waals surface area contributed by atoms with Gasteiger partial charge in [0.1, 0.15) is 17.5 Å². The largest absolute Gasteiger partial charge is 0.452 e. The van der Waals surface area contributed by atoms with E-state index in [4.69, 9.17) is 11.6 Å². The number of esters is 1. The Morgan fingerprint density at radius 1 is 1.23 bits per heavy atom. The third-order valence-corrected chi connectivity index (χ3v) is 3.92. The van der Waals surface area contributed by atoms with E-state index in [1.54, 1.807) is 12.2 Å². The fourth-order valence-corrected chi connectivity index (χ4v) is 2.51. The van der Waals surface area contributed by atoms with Gasteiger partial charge >= 0.3 is 18.2 Å². The number of nitrogens with zero attached hydrogens (tertiary/aromatic N) is 2. The number of alkyl halides is 3. The highest BCUT2D eigenvalue weighted by Crippen LogP contribution is 2.24. The molecule has 1 aromatic heterocycles. The number of carbonyl (C=O) groups excluding carboxylic acids is 3. The Bertz CT molecular complexity index is 1000. The molecule has 0 aliphatic heterocycles. The zero-order valence-corrected chi connectivity index (χ0v) is 16.6. The van der Waals surface area contributed by atoms with Crippen LogP contribution in [0.1, 0.15) is 11.3 Å². The summed E-state index contributed by atoms with van der Waals surface area (Å²) in [7, 11) is 0. The van der Waals surface area contributed by atoms with Crippen LogP contribution in [0.5, 0.6) is 0 Å². The third-order valence-electron chi connectivity index (χ3n) is 3.55. The number of urea groups is 1. The SMILES string of the molecule is Cc1nn(-c2ccc(F)cc2)c(Cl)c1/C=C/C(=O)OCC(=O)NC(=O)NCC(F)(F)F. The van der Waals surface area contributed by atoms with Crippen LogP contribution in [0.15, 0.2) is 30.3 Å². The summed E-state index contributed by atoms with van der Waals surface area (Å²) in [5.74, 6) is -2.54. The van der Waals surface area contributed by atoms with Gasteiger partial charge in [0.25, 0.3) is 5.91 Å². The lowest BCUT2D eigenvalue weighted by atomic mass is 10.2. The molecule has 1 heterocycles. The first-order valence-electron chi connectivity index (χ1n) is 8.46. The highest BCUT2D eigenvalue weighted by molar-refractivity contribution is 6.31. The van der Waals surface area contributed by atoms with E-state index >= 15 is 0 Å². The van der Waals surface area contributed by atoms with E-state index in [-0.39, 0.29) is 5.15 Å². The predicted molar refractivity (Wildman–Crippen MR) is 101 cm³/mol. The molecule has 0 unspecified atom stereocenters. The third kappa shape index (κ3) is 7.41. The highest BCUT2D eigenvalue weighted by Gasteiger charge is 2.28. The van der Waals surface area contributed by atoms with Crippen LogP contribution in [0.25, 0.3) is 11.8 Å². The van der Waals surface area contributed by atoms with Gasteiger partial charge in [0.05, 0.1) is 11.4 Å². The van der Waals surface area contributed by atoms with Gasteiger partial charge in [-0.1, -0.05) is 11.6 Å². The summed E-state index contributed by atoms with van der Waals surface area (Å²) in [5.41, 5.74) is 1.29. The molecule has 0 saturated heterocycles. The average Bonchev–Trinajstić information content (AvgIpc) is 2.97. The number of rotatable bonds is 6. The number of imide groups is 1. The normalized spacial score (nSPS) is 11.4. The minimum atomic E-state index is -4.64. The summed E-state index contributed by atoms with van der Waals surface area (Å²) in [6, 6.07) is 3.98. The predicted octanol–water partition coefficient (Wildman–Crippen LogP) is 2.92. The van der Waals surface area contributed by atoms with E-state index in [0.717, 1.165) is 6.08 Å². The molecule has 3 amide bonds. The number of hydrogen-bond donors (Lipinski definition) is 2. The first-order chi connectivity index (χ1) is 14.5. The van der Waals surface area contributed by atoms with E-state index in [0.29, 0.717) is 16.9 Å². The highest BCUT2D eigenvalue weighted by atomic mass is 35.5. The Balaban J connectivity index is 1.91. The summed E-state index contributed by atoms with van der Waals surface area (Å²) >= 11 is 6.25. The lowest BCUT2D eigenvalue weighted by Crippen LogP contribution is -2.44. The van der Waals surface area contributed by atoms with E-state index < -0.39 is 43.1 Å². The number of carbonyl (C=O) groups is 3. The molecule has 0 spiro atoms. The lowest BCUT2D eigenvalue weighted by Gasteiger charge is -2.08.